The largest absolute Gasteiger partial charge is 0.494 e. The van der Waals surface area contributed by atoms with Crippen molar-refractivity contribution in [2.45, 2.75) is 38.6 Å². The maximum atomic E-state index is 12.1. The van der Waals surface area contributed by atoms with Crippen LogP contribution in [0.5, 0.6) is 5.75 Å². The van der Waals surface area contributed by atoms with Gasteiger partial charge in [-0.2, -0.15) is 0 Å². The molecule has 1 fully saturated rings. The van der Waals surface area contributed by atoms with Crippen LogP contribution in [0.3, 0.4) is 0 Å². The summed E-state index contributed by atoms with van der Waals surface area (Å²) >= 11 is 0. The standard InChI is InChI=1S/C15H21NO2/c1-2-18-14-8-6-12(7-9-14)15(17)11-13-5-3-4-10-16-13/h6-9,13,16H,2-5,10-11H2,1H3. The van der Waals surface area contributed by atoms with Gasteiger partial charge in [0.2, 0.25) is 0 Å². The van der Waals surface area contributed by atoms with E-state index in [1.807, 2.05) is 31.2 Å². The highest BCUT2D eigenvalue weighted by atomic mass is 16.5. The number of ether oxygens (including phenoxy) is 1. The minimum Gasteiger partial charge on any atom is -0.494 e. The van der Waals surface area contributed by atoms with Crippen LogP contribution in [-0.4, -0.2) is 25.0 Å². The van der Waals surface area contributed by atoms with Crippen molar-refractivity contribution in [1.82, 2.24) is 5.32 Å². The van der Waals surface area contributed by atoms with Gasteiger partial charge in [-0.05, 0) is 50.6 Å². The van der Waals surface area contributed by atoms with E-state index in [9.17, 15) is 4.79 Å². The molecule has 1 unspecified atom stereocenters. The highest BCUT2D eigenvalue weighted by molar-refractivity contribution is 5.96. The lowest BCUT2D eigenvalue weighted by atomic mass is 9.97. The van der Waals surface area contributed by atoms with E-state index in [2.05, 4.69) is 5.32 Å². The van der Waals surface area contributed by atoms with Gasteiger partial charge in [0.15, 0.2) is 5.78 Å². The second-order valence-corrected chi connectivity index (χ2v) is 4.73. The number of nitrogens with one attached hydrogen (secondary N) is 1. The number of Topliss-reactive ketones (excluding diaryl/α,β-unsaturated/α-hetero) is 1. The molecule has 0 radical (unpaired) electrons. The zero-order chi connectivity index (χ0) is 12.8. The first-order valence-electron chi connectivity index (χ1n) is 6.79. The average Bonchev–Trinajstić information content (AvgIpc) is 2.41. The van der Waals surface area contributed by atoms with Crippen molar-refractivity contribution in [3.63, 3.8) is 0 Å². The lowest BCUT2D eigenvalue weighted by Crippen LogP contribution is -2.35. The number of piperidine rings is 1. The maximum absolute atomic E-state index is 12.1. The number of carbonyl (C=O) groups is 1. The molecule has 1 atom stereocenters. The molecular formula is C15H21NO2. The summed E-state index contributed by atoms with van der Waals surface area (Å²) < 4.78 is 5.37. The van der Waals surface area contributed by atoms with Crippen molar-refractivity contribution in [3.05, 3.63) is 29.8 Å². The van der Waals surface area contributed by atoms with E-state index in [-0.39, 0.29) is 5.78 Å². The second-order valence-electron chi connectivity index (χ2n) is 4.73. The highest BCUT2D eigenvalue weighted by Gasteiger charge is 2.17. The fourth-order valence-electron chi connectivity index (χ4n) is 2.34. The van der Waals surface area contributed by atoms with Crippen molar-refractivity contribution in [2.75, 3.05) is 13.2 Å². The Morgan fingerprint density at radius 1 is 1.33 bits per heavy atom. The number of rotatable bonds is 5. The van der Waals surface area contributed by atoms with Gasteiger partial charge in [0.05, 0.1) is 6.61 Å². The molecule has 0 amide bonds. The summed E-state index contributed by atoms with van der Waals surface area (Å²) in [5, 5.41) is 3.41. The molecule has 0 aromatic heterocycles. The van der Waals surface area contributed by atoms with Crippen LogP contribution in [0.2, 0.25) is 0 Å². The summed E-state index contributed by atoms with van der Waals surface area (Å²) in [7, 11) is 0. The van der Waals surface area contributed by atoms with Crippen LogP contribution in [0.4, 0.5) is 0 Å². The normalized spacial score (nSPS) is 19.5. The summed E-state index contributed by atoms with van der Waals surface area (Å²) in [6, 6.07) is 7.81. The Kier molecular flexibility index (Phi) is 4.76. The average molecular weight is 247 g/mol. The molecule has 1 aromatic carbocycles. The topological polar surface area (TPSA) is 38.3 Å². The summed E-state index contributed by atoms with van der Waals surface area (Å²) in [5.74, 6) is 1.04. The first-order valence-corrected chi connectivity index (χ1v) is 6.79. The molecule has 3 nitrogen and oxygen atoms in total. The van der Waals surface area contributed by atoms with Gasteiger partial charge in [0.1, 0.15) is 5.75 Å². The Morgan fingerprint density at radius 2 is 2.11 bits per heavy atom. The molecule has 1 N–H and O–H groups in total. The third-order valence-electron chi connectivity index (χ3n) is 3.33. The SMILES string of the molecule is CCOc1ccc(C(=O)CC2CCCCN2)cc1. The Labute approximate surface area is 109 Å². The first-order chi connectivity index (χ1) is 8.79. The van der Waals surface area contributed by atoms with Crippen molar-refractivity contribution >= 4 is 5.78 Å². The molecule has 0 spiro atoms. The van der Waals surface area contributed by atoms with Crippen LogP contribution in [-0.2, 0) is 0 Å². The van der Waals surface area contributed by atoms with Gasteiger partial charge < -0.3 is 10.1 Å². The zero-order valence-electron chi connectivity index (χ0n) is 10.9. The Bertz CT molecular complexity index is 380. The van der Waals surface area contributed by atoms with E-state index in [1.165, 1.54) is 12.8 Å². The Hall–Kier alpha value is -1.35. The van der Waals surface area contributed by atoms with Gasteiger partial charge in [-0.1, -0.05) is 6.42 Å². The van der Waals surface area contributed by atoms with Crippen LogP contribution < -0.4 is 10.1 Å². The van der Waals surface area contributed by atoms with Gasteiger partial charge in [0, 0.05) is 18.0 Å². The zero-order valence-corrected chi connectivity index (χ0v) is 10.9. The number of ketones is 1. The van der Waals surface area contributed by atoms with Crippen molar-refractivity contribution < 1.29 is 9.53 Å². The number of hydrogen-bond donors (Lipinski definition) is 1. The minimum absolute atomic E-state index is 0.220. The van der Waals surface area contributed by atoms with E-state index in [0.29, 0.717) is 19.1 Å². The van der Waals surface area contributed by atoms with E-state index >= 15 is 0 Å². The van der Waals surface area contributed by atoms with Gasteiger partial charge in [0.25, 0.3) is 0 Å². The van der Waals surface area contributed by atoms with Gasteiger partial charge in [-0.3, -0.25) is 4.79 Å². The van der Waals surface area contributed by atoms with Crippen molar-refractivity contribution in [3.8, 4) is 5.75 Å². The predicted molar refractivity (Wildman–Crippen MR) is 72.2 cm³/mol. The Morgan fingerprint density at radius 3 is 2.72 bits per heavy atom. The molecule has 1 heterocycles. The summed E-state index contributed by atoms with van der Waals surface area (Å²) in [4.78, 5) is 12.1. The van der Waals surface area contributed by atoms with Crippen LogP contribution in [0.15, 0.2) is 24.3 Å². The molecule has 98 valence electrons. The predicted octanol–water partition coefficient (Wildman–Crippen LogP) is 2.80. The van der Waals surface area contributed by atoms with E-state index in [1.54, 1.807) is 0 Å². The number of hydrogen-bond acceptors (Lipinski definition) is 3. The molecule has 1 saturated heterocycles. The molecule has 3 heteroatoms. The lowest BCUT2D eigenvalue weighted by Gasteiger charge is -2.22. The summed E-state index contributed by atoms with van der Waals surface area (Å²) in [5.41, 5.74) is 0.783. The van der Waals surface area contributed by atoms with Gasteiger partial charge >= 0.3 is 0 Å². The lowest BCUT2D eigenvalue weighted by molar-refractivity contribution is 0.0963. The molecule has 1 aromatic rings. The third kappa shape index (κ3) is 3.57. The molecule has 1 aliphatic rings. The first kappa shape index (κ1) is 13.1. The molecule has 0 bridgehead atoms. The van der Waals surface area contributed by atoms with Crippen molar-refractivity contribution in [2.24, 2.45) is 0 Å². The molecular weight excluding hydrogens is 226 g/mol. The highest BCUT2D eigenvalue weighted by Crippen LogP contribution is 2.16. The van der Waals surface area contributed by atoms with Crippen LogP contribution in [0.1, 0.15) is 43.0 Å². The third-order valence-corrected chi connectivity index (χ3v) is 3.33. The maximum Gasteiger partial charge on any atom is 0.164 e. The summed E-state index contributed by atoms with van der Waals surface area (Å²) in [6.45, 7) is 3.65. The number of benzene rings is 1. The quantitative estimate of drug-likeness (QED) is 0.813. The Balaban J connectivity index is 1.91. The molecule has 0 saturated carbocycles. The monoisotopic (exact) mass is 247 g/mol. The van der Waals surface area contributed by atoms with Crippen LogP contribution in [0.25, 0.3) is 0 Å². The fourth-order valence-corrected chi connectivity index (χ4v) is 2.34. The molecule has 0 aliphatic carbocycles. The van der Waals surface area contributed by atoms with Crippen LogP contribution in [0, 0.1) is 0 Å². The van der Waals surface area contributed by atoms with E-state index in [4.69, 9.17) is 4.74 Å². The molecule has 2 rings (SSSR count). The van der Waals surface area contributed by atoms with Crippen LogP contribution >= 0.6 is 0 Å². The fraction of sp³-hybridized carbons (Fsp3) is 0.533. The number of carbonyl (C=O) groups excluding carboxylic acids is 1. The van der Waals surface area contributed by atoms with Gasteiger partial charge in [-0.25, -0.2) is 0 Å². The minimum atomic E-state index is 0.220. The molecule has 1 aliphatic heterocycles. The second kappa shape index (κ2) is 6.55. The van der Waals surface area contributed by atoms with Crippen molar-refractivity contribution in [1.29, 1.82) is 0 Å². The van der Waals surface area contributed by atoms with E-state index in [0.717, 1.165) is 24.3 Å². The summed E-state index contributed by atoms with van der Waals surface area (Å²) in [6.07, 6.45) is 4.18. The smallest absolute Gasteiger partial charge is 0.164 e. The van der Waals surface area contributed by atoms with Gasteiger partial charge in [-0.15, -0.1) is 0 Å². The van der Waals surface area contributed by atoms with E-state index < -0.39 is 0 Å². The molecule has 18 heavy (non-hydrogen) atoms.